The number of rotatable bonds is 5. The van der Waals surface area contributed by atoms with Crippen molar-refractivity contribution >= 4 is 23.2 Å². The topological polar surface area (TPSA) is 79.2 Å². The number of hydrazone groups is 1. The standard InChI is InChI=1S/C24H18ClFN4O2/c1-15-21(24(32)30(29-15)18-7-3-2-4-8-18)22(19-9-5-6-10-20(19)26)27-28-23(31)16-11-13-17(25)14-12-16/h2-14,29H,1H3,(H,28,31). The summed E-state index contributed by atoms with van der Waals surface area (Å²) in [7, 11) is 0. The molecule has 2 N–H and O–H groups in total. The lowest BCUT2D eigenvalue weighted by Crippen LogP contribution is -2.26. The number of aromatic nitrogens is 2. The summed E-state index contributed by atoms with van der Waals surface area (Å²) in [6.07, 6.45) is 0. The molecular weight excluding hydrogens is 431 g/mol. The van der Waals surface area contributed by atoms with Crippen LogP contribution in [-0.2, 0) is 0 Å². The van der Waals surface area contributed by atoms with Crippen LogP contribution in [0.2, 0.25) is 5.02 Å². The number of benzene rings is 3. The SMILES string of the molecule is Cc1[nH]n(-c2ccccc2)c(=O)c1C(=NNC(=O)c1ccc(Cl)cc1)c1ccccc1F. The molecule has 160 valence electrons. The van der Waals surface area contributed by atoms with Crippen LogP contribution in [0.3, 0.4) is 0 Å². The summed E-state index contributed by atoms with van der Waals surface area (Å²) in [5, 5.41) is 7.65. The number of halogens is 2. The number of hydrogen-bond donors (Lipinski definition) is 2. The number of hydrogen-bond acceptors (Lipinski definition) is 3. The van der Waals surface area contributed by atoms with Crippen molar-refractivity contribution < 1.29 is 9.18 Å². The lowest BCUT2D eigenvalue weighted by Gasteiger charge is -2.08. The molecule has 32 heavy (non-hydrogen) atoms. The van der Waals surface area contributed by atoms with Crippen molar-refractivity contribution in [2.75, 3.05) is 0 Å². The summed E-state index contributed by atoms with van der Waals surface area (Å²) in [5.74, 6) is -1.09. The molecule has 0 aliphatic heterocycles. The Kier molecular flexibility index (Phi) is 6.00. The van der Waals surface area contributed by atoms with Crippen molar-refractivity contribution in [3.05, 3.63) is 122 Å². The molecule has 0 radical (unpaired) electrons. The zero-order chi connectivity index (χ0) is 22.7. The van der Waals surface area contributed by atoms with E-state index in [1.165, 1.54) is 22.9 Å². The Bertz CT molecular complexity index is 1360. The predicted octanol–water partition coefficient (Wildman–Crippen LogP) is 4.45. The molecule has 8 heteroatoms. The monoisotopic (exact) mass is 448 g/mol. The van der Waals surface area contributed by atoms with Gasteiger partial charge in [-0.3, -0.25) is 14.7 Å². The largest absolute Gasteiger partial charge is 0.295 e. The molecule has 0 fully saturated rings. The Morgan fingerprint density at radius 2 is 1.66 bits per heavy atom. The lowest BCUT2D eigenvalue weighted by molar-refractivity contribution is 0.0955. The molecule has 0 spiro atoms. The van der Waals surface area contributed by atoms with Crippen LogP contribution >= 0.6 is 11.6 Å². The second-order valence-corrected chi connectivity index (χ2v) is 7.41. The van der Waals surface area contributed by atoms with Crippen LogP contribution in [0, 0.1) is 12.7 Å². The molecule has 0 saturated heterocycles. The first-order chi connectivity index (χ1) is 15.5. The van der Waals surface area contributed by atoms with E-state index in [1.54, 1.807) is 61.5 Å². The fourth-order valence-electron chi connectivity index (χ4n) is 3.26. The van der Waals surface area contributed by atoms with Crippen molar-refractivity contribution in [1.29, 1.82) is 0 Å². The maximum Gasteiger partial charge on any atom is 0.281 e. The normalized spacial score (nSPS) is 11.4. The highest BCUT2D eigenvalue weighted by molar-refractivity contribution is 6.30. The van der Waals surface area contributed by atoms with Crippen molar-refractivity contribution in [1.82, 2.24) is 15.2 Å². The third-order valence-electron chi connectivity index (χ3n) is 4.83. The Balaban J connectivity index is 1.81. The average molecular weight is 449 g/mol. The zero-order valence-corrected chi connectivity index (χ0v) is 17.7. The molecular formula is C24H18ClFN4O2. The van der Waals surface area contributed by atoms with Gasteiger partial charge in [-0.2, -0.15) is 5.10 Å². The van der Waals surface area contributed by atoms with E-state index in [0.717, 1.165) is 0 Å². The Morgan fingerprint density at radius 3 is 2.34 bits per heavy atom. The van der Waals surface area contributed by atoms with E-state index in [1.807, 2.05) is 6.07 Å². The van der Waals surface area contributed by atoms with Gasteiger partial charge in [-0.05, 0) is 55.5 Å². The molecule has 0 bridgehead atoms. The third kappa shape index (κ3) is 4.24. The highest BCUT2D eigenvalue weighted by Crippen LogP contribution is 2.16. The van der Waals surface area contributed by atoms with Gasteiger partial charge in [0.15, 0.2) is 0 Å². The molecule has 0 aliphatic rings. The first-order valence-corrected chi connectivity index (χ1v) is 10.1. The number of carbonyl (C=O) groups excluding carboxylic acids is 1. The molecule has 0 unspecified atom stereocenters. The van der Waals surface area contributed by atoms with E-state index in [4.69, 9.17) is 11.6 Å². The molecule has 1 aromatic heterocycles. The highest BCUT2D eigenvalue weighted by atomic mass is 35.5. The first kappa shape index (κ1) is 21.3. The summed E-state index contributed by atoms with van der Waals surface area (Å²) in [4.78, 5) is 25.8. The van der Waals surface area contributed by atoms with Gasteiger partial charge in [-0.15, -0.1) is 0 Å². The Morgan fingerprint density at radius 1 is 1.00 bits per heavy atom. The van der Waals surface area contributed by atoms with E-state index in [0.29, 0.717) is 22.0 Å². The number of nitrogens with zero attached hydrogens (tertiary/aromatic N) is 2. The van der Waals surface area contributed by atoms with Crippen LogP contribution in [0.5, 0.6) is 0 Å². The summed E-state index contributed by atoms with van der Waals surface area (Å²) in [6.45, 7) is 1.69. The molecule has 6 nitrogen and oxygen atoms in total. The molecule has 1 amide bonds. The zero-order valence-electron chi connectivity index (χ0n) is 17.0. The van der Waals surface area contributed by atoms with Gasteiger partial charge in [0.1, 0.15) is 11.5 Å². The maximum absolute atomic E-state index is 14.7. The van der Waals surface area contributed by atoms with Gasteiger partial charge < -0.3 is 0 Å². The van der Waals surface area contributed by atoms with Gasteiger partial charge in [0.2, 0.25) is 0 Å². The minimum absolute atomic E-state index is 0.0128. The van der Waals surface area contributed by atoms with E-state index in [-0.39, 0.29) is 16.8 Å². The van der Waals surface area contributed by atoms with Crippen LogP contribution in [0.15, 0.2) is 88.8 Å². The minimum Gasteiger partial charge on any atom is -0.295 e. The summed E-state index contributed by atoms with van der Waals surface area (Å²) >= 11 is 5.87. The summed E-state index contributed by atoms with van der Waals surface area (Å²) < 4.78 is 16.0. The molecule has 4 aromatic rings. The van der Waals surface area contributed by atoms with E-state index in [9.17, 15) is 14.0 Å². The molecule has 0 atom stereocenters. The molecule has 0 saturated carbocycles. The molecule has 0 aliphatic carbocycles. The number of nitrogens with one attached hydrogen (secondary N) is 2. The second kappa shape index (κ2) is 9.03. The lowest BCUT2D eigenvalue weighted by atomic mass is 10.0. The molecule has 3 aromatic carbocycles. The number of aryl methyl sites for hydroxylation is 1. The summed E-state index contributed by atoms with van der Waals surface area (Å²) in [6, 6.07) is 21.1. The van der Waals surface area contributed by atoms with Crippen molar-refractivity contribution in [3.8, 4) is 5.69 Å². The molecule has 1 heterocycles. The second-order valence-electron chi connectivity index (χ2n) is 6.98. The fourth-order valence-corrected chi connectivity index (χ4v) is 3.39. The Labute approximate surface area is 188 Å². The average Bonchev–Trinajstić information content (AvgIpc) is 3.10. The van der Waals surface area contributed by atoms with E-state index < -0.39 is 17.3 Å². The molecule has 4 rings (SSSR count). The number of amides is 1. The minimum atomic E-state index is -0.571. The van der Waals surface area contributed by atoms with Crippen LogP contribution in [0.25, 0.3) is 5.69 Å². The fraction of sp³-hybridized carbons (Fsp3) is 0.0417. The van der Waals surface area contributed by atoms with Crippen LogP contribution in [-0.4, -0.2) is 21.4 Å². The predicted molar refractivity (Wildman–Crippen MR) is 122 cm³/mol. The van der Waals surface area contributed by atoms with Crippen molar-refractivity contribution in [2.24, 2.45) is 5.10 Å². The van der Waals surface area contributed by atoms with Gasteiger partial charge in [-0.25, -0.2) is 14.5 Å². The number of carbonyl (C=O) groups is 1. The smallest absolute Gasteiger partial charge is 0.281 e. The number of H-pyrrole nitrogens is 1. The number of aromatic amines is 1. The van der Waals surface area contributed by atoms with Crippen LogP contribution < -0.4 is 11.0 Å². The van der Waals surface area contributed by atoms with E-state index in [2.05, 4.69) is 15.6 Å². The first-order valence-electron chi connectivity index (χ1n) is 9.71. The van der Waals surface area contributed by atoms with E-state index >= 15 is 0 Å². The van der Waals surface area contributed by atoms with Crippen LogP contribution in [0.1, 0.15) is 27.2 Å². The third-order valence-corrected chi connectivity index (χ3v) is 5.08. The maximum atomic E-state index is 14.7. The van der Waals surface area contributed by atoms with Crippen LogP contribution in [0.4, 0.5) is 4.39 Å². The Hall–Kier alpha value is -3.97. The summed E-state index contributed by atoms with van der Waals surface area (Å²) in [5.41, 5.74) is 3.66. The highest BCUT2D eigenvalue weighted by Gasteiger charge is 2.22. The van der Waals surface area contributed by atoms with Gasteiger partial charge >= 0.3 is 0 Å². The number of para-hydroxylation sites is 1. The van der Waals surface area contributed by atoms with Gasteiger partial charge in [0.25, 0.3) is 11.5 Å². The van der Waals surface area contributed by atoms with Gasteiger partial charge in [0, 0.05) is 21.8 Å². The van der Waals surface area contributed by atoms with Crippen molar-refractivity contribution in [2.45, 2.75) is 6.92 Å². The van der Waals surface area contributed by atoms with Gasteiger partial charge in [-0.1, -0.05) is 41.9 Å². The van der Waals surface area contributed by atoms with Crippen molar-refractivity contribution in [3.63, 3.8) is 0 Å². The quantitative estimate of drug-likeness (QED) is 0.349. The van der Waals surface area contributed by atoms with Gasteiger partial charge in [0.05, 0.1) is 11.3 Å².